The maximum Gasteiger partial charge on any atom is 0.416 e. The molecule has 0 radical (unpaired) electrons. The third-order valence-corrected chi connectivity index (χ3v) is 5.05. The van der Waals surface area contributed by atoms with E-state index in [-0.39, 0.29) is 18.1 Å². The number of nitrogens with one attached hydrogen (secondary N) is 2. The van der Waals surface area contributed by atoms with Crippen molar-refractivity contribution >= 4 is 17.4 Å². The van der Waals surface area contributed by atoms with Crippen LogP contribution in [-0.2, 0) is 17.5 Å². The molecular formula is C21H25F3N4O. The van der Waals surface area contributed by atoms with E-state index in [2.05, 4.69) is 27.4 Å². The maximum absolute atomic E-state index is 12.7. The normalized spacial score (nSPS) is 15.2. The summed E-state index contributed by atoms with van der Waals surface area (Å²) in [5.74, 6) is 1.39. The van der Waals surface area contributed by atoms with Crippen LogP contribution in [-0.4, -0.2) is 30.5 Å². The first-order chi connectivity index (χ1) is 13.8. The zero-order chi connectivity index (χ0) is 20.9. The van der Waals surface area contributed by atoms with E-state index >= 15 is 0 Å². The molecule has 1 aromatic heterocycles. The molecule has 0 spiro atoms. The summed E-state index contributed by atoms with van der Waals surface area (Å²) in [5.41, 5.74) is 0.362. The summed E-state index contributed by atoms with van der Waals surface area (Å²) in [5, 5.41) is 5.46. The van der Waals surface area contributed by atoms with Crippen LogP contribution in [0.5, 0.6) is 0 Å². The molecule has 2 heterocycles. The fraction of sp³-hybridized carbons (Fsp3) is 0.429. The number of alkyl halides is 3. The van der Waals surface area contributed by atoms with Crippen molar-refractivity contribution in [2.75, 3.05) is 29.9 Å². The Morgan fingerprint density at radius 3 is 2.62 bits per heavy atom. The third kappa shape index (κ3) is 6.10. The summed E-state index contributed by atoms with van der Waals surface area (Å²) < 4.78 is 38.2. The van der Waals surface area contributed by atoms with Gasteiger partial charge in [-0.05, 0) is 48.6 Å². The first-order valence-corrected chi connectivity index (χ1v) is 9.69. The average molecular weight is 406 g/mol. The number of halogens is 3. The molecule has 8 heteroatoms. The Morgan fingerprint density at radius 1 is 1.21 bits per heavy atom. The molecule has 29 heavy (non-hydrogen) atoms. The standard InChI is InChI=1S/C21H25F3N4O/c1-15-7-9-28(10-8-15)19-6-5-16(12-26-19)13-27-20(29)14-25-18-4-2-3-17(11-18)21(22,23)24/h2-6,11-12,15,25H,7-10,13-14H2,1H3,(H,27,29). The lowest BCUT2D eigenvalue weighted by Gasteiger charge is -2.31. The molecule has 0 aliphatic carbocycles. The van der Waals surface area contributed by atoms with Crippen molar-refractivity contribution in [3.63, 3.8) is 0 Å². The molecule has 156 valence electrons. The Bertz CT molecular complexity index is 815. The van der Waals surface area contributed by atoms with E-state index in [1.54, 1.807) is 6.20 Å². The summed E-state index contributed by atoms with van der Waals surface area (Å²) in [6.45, 7) is 4.47. The van der Waals surface area contributed by atoms with Crippen molar-refractivity contribution in [3.05, 3.63) is 53.7 Å². The molecule has 2 N–H and O–H groups in total. The van der Waals surface area contributed by atoms with E-state index in [9.17, 15) is 18.0 Å². The van der Waals surface area contributed by atoms with E-state index in [0.717, 1.165) is 42.5 Å². The molecule has 0 unspecified atom stereocenters. The first-order valence-electron chi connectivity index (χ1n) is 9.69. The van der Waals surface area contributed by atoms with Gasteiger partial charge in [0.25, 0.3) is 0 Å². The molecule has 1 amide bonds. The molecular weight excluding hydrogens is 381 g/mol. The Hall–Kier alpha value is -2.77. The van der Waals surface area contributed by atoms with Gasteiger partial charge in [0, 0.05) is 31.5 Å². The van der Waals surface area contributed by atoms with Gasteiger partial charge in [0.15, 0.2) is 0 Å². The number of benzene rings is 1. The second-order valence-electron chi connectivity index (χ2n) is 7.40. The average Bonchev–Trinajstić information content (AvgIpc) is 2.71. The van der Waals surface area contributed by atoms with Gasteiger partial charge in [0.2, 0.25) is 5.91 Å². The quantitative estimate of drug-likeness (QED) is 0.760. The highest BCUT2D eigenvalue weighted by Gasteiger charge is 2.30. The molecule has 1 aromatic carbocycles. The van der Waals surface area contributed by atoms with Gasteiger partial charge in [0.05, 0.1) is 12.1 Å². The summed E-state index contributed by atoms with van der Waals surface area (Å²) in [6, 6.07) is 8.66. The molecule has 1 fully saturated rings. The Morgan fingerprint density at radius 2 is 1.97 bits per heavy atom. The van der Waals surface area contributed by atoms with Crippen LogP contribution in [0, 0.1) is 5.92 Å². The van der Waals surface area contributed by atoms with Crippen LogP contribution in [0.25, 0.3) is 0 Å². The number of piperidine rings is 1. The third-order valence-electron chi connectivity index (χ3n) is 5.05. The van der Waals surface area contributed by atoms with E-state index in [1.807, 2.05) is 12.1 Å². The maximum atomic E-state index is 12.7. The molecule has 0 saturated carbocycles. The Balaban J connectivity index is 1.45. The number of hydrogen-bond acceptors (Lipinski definition) is 4. The van der Waals surface area contributed by atoms with Crippen molar-refractivity contribution in [3.8, 4) is 0 Å². The highest BCUT2D eigenvalue weighted by atomic mass is 19.4. The number of pyridine rings is 1. The predicted molar refractivity (Wildman–Crippen MR) is 107 cm³/mol. The second kappa shape index (κ2) is 9.15. The van der Waals surface area contributed by atoms with Gasteiger partial charge in [-0.15, -0.1) is 0 Å². The van der Waals surface area contributed by atoms with Crippen molar-refractivity contribution in [2.45, 2.75) is 32.5 Å². The number of amides is 1. The number of carbonyl (C=O) groups excluding carboxylic acids is 1. The minimum absolute atomic E-state index is 0.112. The largest absolute Gasteiger partial charge is 0.416 e. The molecule has 1 aliphatic heterocycles. The van der Waals surface area contributed by atoms with E-state index < -0.39 is 11.7 Å². The molecule has 0 atom stereocenters. The van der Waals surface area contributed by atoms with Crippen LogP contribution < -0.4 is 15.5 Å². The molecule has 1 aliphatic rings. The van der Waals surface area contributed by atoms with Crippen molar-refractivity contribution < 1.29 is 18.0 Å². The zero-order valence-electron chi connectivity index (χ0n) is 16.3. The highest BCUT2D eigenvalue weighted by molar-refractivity contribution is 5.80. The number of rotatable bonds is 6. The lowest BCUT2D eigenvalue weighted by molar-refractivity contribution is -0.137. The monoisotopic (exact) mass is 406 g/mol. The molecule has 1 saturated heterocycles. The molecule has 0 bridgehead atoms. The van der Waals surface area contributed by atoms with Gasteiger partial charge in [-0.25, -0.2) is 4.98 Å². The summed E-state index contributed by atoms with van der Waals surface area (Å²) in [7, 11) is 0. The van der Waals surface area contributed by atoms with Crippen molar-refractivity contribution in [1.82, 2.24) is 10.3 Å². The summed E-state index contributed by atoms with van der Waals surface area (Å²) >= 11 is 0. The van der Waals surface area contributed by atoms with Crippen molar-refractivity contribution in [2.24, 2.45) is 5.92 Å². The van der Waals surface area contributed by atoms with E-state index in [1.165, 1.54) is 25.0 Å². The van der Waals surface area contributed by atoms with Gasteiger partial charge in [-0.3, -0.25) is 4.79 Å². The number of hydrogen-bond donors (Lipinski definition) is 2. The fourth-order valence-corrected chi connectivity index (χ4v) is 3.20. The highest BCUT2D eigenvalue weighted by Crippen LogP contribution is 2.30. The van der Waals surface area contributed by atoms with Gasteiger partial charge >= 0.3 is 6.18 Å². The van der Waals surface area contributed by atoms with Gasteiger partial charge in [0.1, 0.15) is 5.82 Å². The molecule has 2 aromatic rings. The second-order valence-corrected chi connectivity index (χ2v) is 7.40. The molecule has 5 nitrogen and oxygen atoms in total. The lowest BCUT2D eigenvalue weighted by atomic mass is 9.99. The number of aromatic nitrogens is 1. The minimum atomic E-state index is -4.41. The smallest absolute Gasteiger partial charge is 0.376 e. The van der Waals surface area contributed by atoms with Crippen molar-refractivity contribution in [1.29, 1.82) is 0 Å². The topological polar surface area (TPSA) is 57.3 Å². The Labute approximate surface area is 168 Å². The SMILES string of the molecule is CC1CCN(c2ccc(CNC(=O)CNc3cccc(C(F)(F)F)c3)cn2)CC1. The molecule has 3 rings (SSSR count). The number of anilines is 2. The first kappa shape index (κ1) is 21.0. The minimum Gasteiger partial charge on any atom is -0.376 e. The fourth-order valence-electron chi connectivity index (χ4n) is 3.20. The number of carbonyl (C=O) groups is 1. The van der Waals surface area contributed by atoms with Gasteiger partial charge in [-0.2, -0.15) is 13.2 Å². The van der Waals surface area contributed by atoms with Crippen LogP contribution in [0.2, 0.25) is 0 Å². The predicted octanol–water partition coefficient (Wildman–Crippen LogP) is 4.07. The van der Waals surface area contributed by atoms with Crippen LogP contribution in [0.15, 0.2) is 42.6 Å². The van der Waals surface area contributed by atoms with Gasteiger partial charge < -0.3 is 15.5 Å². The van der Waals surface area contributed by atoms with Crippen LogP contribution in [0.3, 0.4) is 0 Å². The van der Waals surface area contributed by atoms with Gasteiger partial charge in [-0.1, -0.05) is 19.1 Å². The van der Waals surface area contributed by atoms with Crippen LogP contribution in [0.4, 0.5) is 24.7 Å². The Kier molecular flexibility index (Phi) is 6.61. The zero-order valence-corrected chi connectivity index (χ0v) is 16.3. The van der Waals surface area contributed by atoms with E-state index in [0.29, 0.717) is 6.54 Å². The summed E-state index contributed by atoms with van der Waals surface area (Å²) in [4.78, 5) is 18.7. The number of nitrogens with zero attached hydrogens (tertiary/aromatic N) is 2. The van der Waals surface area contributed by atoms with E-state index in [4.69, 9.17) is 0 Å². The van der Waals surface area contributed by atoms with Crippen LogP contribution >= 0.6 is 0 Å². The van der Waals surface area contributed by atoms with Crippen LogP contribution in [0.1, 0.15) is 30.9 Å². The summed E-state index contributed by atoms with van der Waals surface area (Å²) in [6.07, 6.45) is -0.337. The lowest BCUT2D eigenvalue weighted by Crippen LogP contribution is -2.33.